The van der Waals surface area contributed by atoms with Gasteiger partial charge in [0.1, 0.15) is 5.56 Å². The van der Waals surface area contributed by atoms with Gasteiger partial charge in [-0.05, 0) is 56.5 Å². The molecular weight excluding hydrogens is 568 g/mol. The van der Waals surface area contributed by atoms with E-state index in [-0.39, 0.29) is 11.5 Å². The molecule has 2 aromatic carbocycles. The number of aryl methyl sites for hydroxylation is 2. The molecule has 224 valence electrons. The monoisotopic (exact) mass is 598 g/mol. The number of para-hydroxylation sites is 1. The van der Waals surface area contributed by atoms with Gasteiger partial charge >= 0.3 is 0 Å². The van der Waals surface area contributed by atoms with Gasteiger partial charge in [0.2, 0.25) is 5.91 Å². The molecule has 2 unspecified atom stereocenters. The highest BCUT2D eigenvalue weighted by molar-refractivity contribution is 6.01. The second-order valence-electron chi connectivity index (χ2n) is 10.8. The van der Waals surface area contributed by atoms with Gasteiger partial charge in [-0.3, -0.25) is 23.6 Å². The van der Waals surface area contributed by atoms with Gasteiger partial charge < -0.3 is 11.1 Å². The standard InChI is InChI=1S/C34H30N8O3/c1-20(31(35)43)30-25(19-37-40(30)4)15-14-23-10-8-11-24-18-27(42(34(45)29(23)24)26-12-6-5-7-13-26)21(2)38-33(44)28-22(3)39-41-17-9-16-36-32(28)41/h5-13,16-21H,1-4H3,(H2,35,43)(H,38,44). The molecule has 11 nitrogen and oxygen atoms in total. The third kappa shape index (κ3) is 5.23. The van der Waals surface area contributed by atoms with Crippen LogP contribution in [-0.4, -0.2) is 40.8 Å². The molecule has 0 spiro atoms. The average Bonchev–Trinajstić information content (AvgIpc) is 3.57. The molecule has 0 aliphatic carbocycles. The number of fused-ring (bicyclic) bond motifs is 2. The molecule has 0 bridgehead atoms. The van der Waals surface area contributed by atoms with Crippen molar-refractivity contribution in [1.82, 2.24) is 34.3 Å². The third-order valence-corrected chi connectivity index (χ3v) is 7.83. The fraction of sp³-hybridized carbons (Fsp3) is 0.176. The zero-order chi connectivity index (χ0) is 31.8. The molecule has 6 rings (SSSR count). The third-order valence-electron chi connectivity index (χ3n) is 7.83. The van der Waals surface area contributed by atoms with E-state index in [4.69, 9.17) is 5.73 Å². The van der Waals surface area contributed by atoms with Crippen LogP contribution in [0, 0.1) is 18.8 Å². The lowest BCUT2D eigenvalue weighted by atomic mass is 10.0. The molecule has 0 radical (unpaired) electrons. The Morgan fingerprint density at radius 2 is 1.76 bits per heavy atom. The van der Waals surface area contributed by atoms with Gasteiger partial charge in [-0.15, -0.1) is 0 Å². The first-order valence-corrected chi connectivity index (χ1v) is 14.3. The summed E-state index contributed by atoms with van der Waals surface area (Å²) in [6.07, 6.45) is 4.93. The minimum absolute atomic E-state index is 0.287. The molecule has 6 aromatic rings. The fourth-order valence-corrected chi connectivity index (χ4v) is 5.58. The number of nitrogens with one attached hydrogen (secondary N) is 1. The van der Waals surface area contributed by atoms with Crippen LogP contribution in [0.4, 0.5) is 0 Å². The van der Waals surface area contributed by atoms with E-state index in [0.29, 0.717) is 55.9 Å². The van der Waals surface area contributed by atoms with Crippen molar-refractivity contribution in [3.05, 3.63) is 123 Å². The van der Waals surface area contributed by atoms with Crippen molar-refractivity contribution in [3.8, 4) is 17.5 Å². The van der Waals surface area contributed by atoms with Crippen LogP contribution in [-0.2, 0) is 11.8 Å². The van der Waals surface area contributed by atoms with E-state index < -0.39 is 17.9 Å². The summed E-state index contributed by atoms with van der Waals surface area (Å²) in [5, 5.41) is 12.8. The Kier molecular flexibility index (Phi) is 7.48. The number of carbonyl (C=O) groups is 2. The van der Waals surface area contributed by atoms with Gasteiger partial charge in [-0.2, -0.15) is 10.2 Å². The lowest BCUT2D eigenvalue weighted by Gasteiger charge is -2.21. The number of pyridine rings is 1. The van der Waals surface area contributed by atoms with Crippen LogP contribution in [0.25, 0.3) is 22.1 Å². The highest BCUT2D eigenvalue weighted by Gasteiger charge is 2.24. The number of hydrogen-bond donors (Lipinski definition) is 2. The maximum absolute atomic E-state index is 14.4. The lowest BCUT2D eigenvalue weighted by Crippen LogP contribution is -2.32. The van der Waals surface area contributed by atoms with Crippen LogP contribution in [0.3, 0.4) is 0 Å². The summed E-state index contributed by atoms with van der Waals surface area (Å²) in [6, 6.07) is 17.8. The molecule has 45 heavy (non-hydrogen) atoms. The Labute approximate surface area is 258 Å². The first-order chi connectivity index (χ1) is 21.7. The summed E-state index contributed by atoms with van der Waals surface area (Å²) < 4.78 is 4.75. The smallest absolute Gasteiger partial charge is 0.264 e. The lowest BCUT2D eigenvalue weighted by molar-refractivity contribution is -0.119. The summed E-state index contributed by atoms with van der Waals surface area (Å²) in [5.74, 6) is 4.81. The number of nitrogens with zero attached hydrogens (tertiary/aromatic N) is 6. The molecule has 11 heteroatoms. The fourth-order valence-electron chi connectivity index (χ4n) is 5.58. The van der Waals surface area contributed by atoms with E-state index >= 15 is 0 Å². The van der Waals surface area contributed by atoms with Crippen molar-refractivity contribution < 1.29 is 9.59 Å². The predicted molar refractivity (Wildman–Crippen MR) is 170 cm³/mol. The summed E-state index contributed by atoms with van der Waals surface area (Å²) in [7, 11) is 1.73. The zero-order valence-electron chi connectivity index (χ0n) is 25.1. The number of amides is 2. The minimum Gasteiger partial charge on any atom is -0.369 e. The summed E-state index contributed by atoms with van der Waals surface area (Å²) >= 11 is 0. The minimum atomic E-state index is -0.593. The second kappa shape index (κ2) is 11.6. The van der Waals surface area contributed by atoms with E-state index in [1.165, 1.54) is 0 Å². The Bertz CT molecular complexity index is 2230. The summed E-state index contributed by atoms with van der Waals surface area (Å²) in [5.41, 5.74) is 9.53. The molecule has 0 saturated carbocycles. The van der Waals surface area contributed by atoms with E-state index in [9.17, 15) is 14.4 Å². The summed E-state index contributed by atoms with van der Waals surface area (Å²) in [6.45, 7) is 5.30. The largest absolute Gasteiger partial charge is 0.369 e. The Morgan fingerprint density at radius 3 is 2.51 bits per heavy atom. The SMILES string of the molecule is Cc1nn2cccnc2c1C(=O)NC(C)c1cc2cccc(C#Cc3cnn(C)c3C(C)C(N)=O)c2c(=O)n1-c1ccccc1. The van der Waals surface area contributed by atoms with Gasteiger partial charge in [0.15, 0.2) is 5.65 Å². The molecule has 0 aliphatic rings. The maximum atomic E-state index is 14.4. The van der Waals surface area contributed by atoms with Crippen molar-refractivity contribution in [2.75, 3.05) is 0 Å². The van der Waals surface area contributed by atoms with Crippen molar-refractivity contribution in [2.45, 2.75) is 32.7 Å². The number of nitrogens with two attached hydrogens (primary N) is 1. The molecule has 2 amide bonds. The number of hydrogen-bond acceptors (Lipinski definition) is 6. The van der Waals surface area contributed by atoms with Gasteiger partial charge in [0, 0.05) is 36.4 Å². The Hall–Kier alpha value is -6.02. The van der Waals surface area contributed by atoms with Crippen LogP contribution in [0.15, 0.2) is 84.0 Å². The number of primary amides is 1. The average molecular weight is 599 g/mol. The Morgan fingerprint density at radius 1 is 1.00 bits per heavy atom. The molecule has 4 heterocycles. The van der Waals surface area contributed by atoms with Crippen molar-refractivity contribution in [1.29, 1.82) is 0 Å². The van der Waals surface area contributed by atoms with E-state index in [1.807, 2.05) is 55.5 Å². The molecule has 0 fully saturated rings. The van der Waals surface area contributed by atoms with E-state index in [1.54, 1.807) is 65.4 Å². The van der Waals surface area contributed by atoms with E-state index in [2.05, 4.69) is 32.3 Å². The van der Waals surface area contributed by atoms with Gasteiger partial charge in [0.05, 0.1) is 40.5 Å². The summed E-state index contributed by atoms with van der Waals surface area (Å²) in [4.78, 5) is 44.2. The molecule has 2 atom stereocenters. The van der Waals surface area contributed by atoms with E-state index in [0.717, 1.165) is 0 Å². The molecule has 4 aromatic heterocycles. The topological polar surface area (TPSA) is 142 Å². The zero-order valence-corrected chi connectivity index (χ0v) is 25.1. The number of benzene rings is 2. The molecular formula is C34H30N8O3. The van der Waals surface area contributed by atoms with Crippen LogP contribution < -0.4 is 16.6 Å². The van der Waals surface area contributed by atoms with Crippen molar-refractivity contribution >= 4 is 28.2 Å². The van der Waals surface area contributed by atoms with Crippen LogP contribution >= 0.6 is 0 Å². The highest BCUT2D eigenvalue weighted by atomic mass is 16.2. The normalized spacial score (nSPS) is 12.4. The Balaban J connectivity index is 1.47. The molecule has 0 aliphatic heterocycles. The van der Waals surface area contributed by atoms with Crippen LogP contribution in [0.1, 0.15) is 64.4 Å². The number of carbonyl (C=O) groups excluding carboxylic acids is 2. The second-order valence-corrected chi connectivity index (χ2v) is 10.8. The van der Waals surface area contributed by atoms with Crippen molar-refractivity contribution in [2.24, 2.45) is 12.8 Å². The van der Waals surface area contributed by atoms with Gasteiger partial charge in [0.25, 0.3) is 11.5 Å². The van der Waals surface area contributed by atoms with Gasteiger partial charge in [-0.25, -0.2) is 9.50 Å². The number of rotatable bonds is 6. The molecule has 0 saturated heterocycles. The number of aromatic nitrogens is 6. The maximum Gasteiger partial charge on any atom is 0.264 e. The quantitative estimate of drug-likeness (QED) is 0.281. The first kappa shape index (κ1) is 29.1. The molecule has 3 N–H and O–H groups in total. The predicted octanol–water partition coefficient (Wildman–Crippen LogP) is 3.55. The van der Waals surface area contributed by atoms with Crippen LogP contribution in [0.5, 0.6) is 0 Å². The highest BCUT2D eigenvalue weighted by Crippen LogP contribution is 2.25. The van der Waals surface area contributed by atoms with Crippen LogP contribution in [0.2, 0.25) is 0 Å². The first-order valence-electron chi connectivity index (χ1n) is 14.3. The van der Waals surface area contributed by atoms with Gasteiger partial charge in [-0.1, -0.05) is 42.2 Å². The van der Waals surface area contributed by atoms with Crippen molar-refractivity contribution in [3.63, 3.8) is 0 Å².